The SMILES string of the molecule is CC(C)(C)c1ccc(Nc2ncc(C(=O)NCCc3ccccc3)cn2)cc1. The molecule has 3 aromatic rings. The highest BCUT2D eigenvalue weighted by atomic mass is 16.1. The second-order valence-corrected chi connectivity index (χ2v) is 7.74. The standard InChI is InChI=1S/C23H26N4O/c1-23(2,3)19-9-11-20(12-10-19)27-22-25-15-18(16-26-22)21(28)24-14-13-17-7-5-4-6-8-17/h4-12,15-16H,13-14H2,1-3H3,(H,24,28)(H,25,26,27). The zero-order chi connectivity index (χ0) is 20.0. The lowest BCUT2D eigenvalue weighted by molar-refractivity contribution is 0.0953. The Balaban J connectivity index is 1.53. The molecule has 2 aromatic carbocycles. The van der Waals surface area contributed by atoms with E-state index in [0.29, 0.717) is 18.1 Å². The van der Waals surface area contributed by atoms with E-state index >= 15 is 0 Å². The fourth-order valence-corrected chi connectivity index (χ4v) is 2.76. The Morgan fingerprint density at radius 3 is 2.18 bits per heavy atom. The largest absolute Gasteiger partial charge is 0.352 e. The molecule has 0 aliphatic rings. The van der Waals surface area contributed by atoms with Crippen molar-refractivity contribution in [2.75, 3.05) is 11.9 Å². The van der Waals surface area contributed by atoms with Gasteiger partial charge in [0.25, 0.3) is 5.91 Å². The van der Waals surface area contributed by atoms with Crippen LogP contribution >= 0.6 is 0 Å². The van der Waals surface area contributed by atoms with E-state index in [1.165, 1.54) is 23.5 Å². The van der Waals surface area contributed by atoms with Gasteiger partial charge in [-0.05, 0) is 35.1 Å². The third-order valence-corrected chi connectivity index (χ3v) is 4.46. The van der Waals surface area contributed by atoms with E-state index in [2.05, 4.69) is 53.5 Å². The fourth-order valence-electron chi connectivity index (χ4n) is 2.76. The molecule has 0 atom stereocenters. The van der Waals surface area contributed by atoms with Crippen molar-refractivity contribution < 1.29 is 4.79 Å². The zero-order valence-corrected chi connectivity index (χ0v) is 16.6. The van der Waals surface area contributed by atoms with Gasteiger partial charge in [-0.3, -0.25) is 4.79 Å². The van der Waals surface area contributed by atoms with Gasteiger partial charge in [0, 0.05) is 24.6 Å². The predicted octanol–water partition coefficient (Wildman–Crippen LogP) is 4.49. The Morgan fingerprint density at radius 1 is 0.929 bits per heavy atom. The first-order valence-corrected chi connectivity index (χ1v) is 9.43. The van der Waals surface area contributed by atoms with Crippen molar-refractivity contribution >= 4 is 17.5 Å². The molecule has 5 heteroatoms. The van der Waals surface area contributed by atoms with Crippen LogP contribution in [0.2, 0.25) is 0 Å². The van der Waals surface area contributed by atoms with Crippen LogP contribution in [0.5, 0.6) is 0 Å². The summed E-state index contributed by atoms with van der Waals surface area (Å²) in [6, 6.07) is 18.3. The van der Waals surface area contributed by atoms with Gasteiger partial charge in [-0.15, -0.1) is 0 Å². The minimum absolute atomic E-state index is 0.116. The third kappa shape index (κ3) is 5.39. The first-order valence-electron chi connectivity index (χ1n) is 9.43. The molecule has 1 heterocycles. The van der Waals surface area contributed by atoms with Gasteiger partial charge in [-0.2, -0.15) is 0 Å². The number of hydrogen-bond donors (Lipinski definition) is 2. The number of carbonyl (C=O) groups excluding carboxylic acids is 1. The summed E-state index contributed by atoms with van der Waals surface area (Å²) in [5.41, 5.74) is 3.93. The molecule has 0 fully saturated rings. The summed E-state index contributed by atoms with van der Waals surface area (Å²) in [7, 11) is 0. The van der Waals surface area contributed by atoms with Gasteiger partial charge in [-0.25, -0.2) is 9.97 Å². The number of carbonyl (C=O) groups is 1. The zero-order valence-electron chi connectivity index (χ0n) is 16.6. The molecule has 0 aliphatic heterocycles. The highest BCUT2D eigenvalue weighted by Gasteiger charge is 2.13. The number of nitrogens with one attached hydrogen (secondary N) is 2. The number of hydrogen-bond acceptors (Lipinski definition) is 4. The number of rotatable bonds is 6. The van der Waals surface area contributed by atoms with E-state index in [0.717, 1.165) is 12.1 Å². The monoisotopic (exact) mass is 374 g/mol. The van der Waals surface area contributed by atoms with Crippen molar-refractivity contribution in [2.45, 2.75) is 32.6 Å². The molecule has 1 aromatic heterocycles. The lowest BCUT2D eigenvalue weighted by atomic mass is 9.87. The Bertz CT molecular complexity index is 898. The number of anilines is 2. The van der Waals surface area contributed by atoms with E-state index in [4.69, 9.17) is 0 Å². The maximum absolute atomic E-state index is 12.2. The molecule has 0 aliphatic carbocycles. The van der Waals surface area contributed by atoms with Crippen molar-refractivity contribution in [3.63, 3.8) is 0 Å². The van der Waals surface area contributed by atoms with Crippen LogP contribution in [0.1, 0.15) is 42.3 Å². The summed E-state index contributed by atoms with van der Waals surface area (Å²) in [4.78, 5) is 20.7. The maximum atomic E-state index is 12.2. The van der Waals surface area contributed by atoms with Crippen molar-refractivity contribution in [1.82, 2.24) is 15.3 Å². The summed E-state index contributed by atoms with van der Waals surface area (Å²) in [5.74, 6) is 0.293. The third-order valence-electron chi connectivity index (χ3n) is 4.46. The topological polar surface area (TPSA) is 66.9 Å². The second kappa shape index (κ2) is 8.65. The lowest BCUT2D eigenvalue weighted by Gasteiger charge is -2.19. The lowest BCUT2D eigenvalue weighted by Crippen LogP contribution is -2.26. The summed E-state index contributed by atoms with van der Waals surface area (Å²) >= 11 is 0. The predicted molar refractivity (Wildman–Crippen MR) is 113 cm³/mol. The minimum atomic E-state index is -0.169. The number of nitrogens with zero attached hydrogens (tertiary/aromatic N) is 2. The van der Waals surface area contributed by atoms with E-state index < -0.39 is 0 Å². The first-order chi connectivity index (χ1) is 13.4. The highest BCUT2D eigenvalue weighted by molar-refractivity contribution is 5.93. The van der Waals surface area contributed by atoms with Gasteiger partial charge in [0.15, 0.2) is 0 Å². The van der Waals surface area contributed by atoms with Gasteiger partial charge in [-0.1, -0.05) is 63.2 Å². The van der Waals surface area contributed by atoms with Crippen molar-refractivity contribution in [1.29, 1.82) is 0 Å². The van der Waals surface area contributed by atoms with Crippen molar-refractivity contribution in [3.8, 4) is 0 Å². The molecule has 0 spiro atoms. The molecule has 1 amide bonds. The molecule has 0 unspecified atom stereocenters. The molecule has 144 valence electrons. The van der Waals surface area contributed by atoms with Crippen LogP contribution < -0.4 is 10.6 Å². The average Bonchev–Trinajstić information content (AvgIpc) is 2.69. The van der Waals surface area contributed by atoms with Gasteiger partial charge >= 0.3 is 0 Å². The minimum Gasteiger partial charge on any atom is -0.352 e. The Kier molecular flexibility index (Phi) is 6.04. The van der Waals surface area contributed by atoms with Crippen LogP contribution in [0.3, 0.4) is 0 Å². The summed E-state index contributed by atoms with van der Waals surface area (Å²) < 4.78 is 0. The first kappa shape index (κ1) is 19.5. The Morgan fingerprint density at radius 2 is 1.57 bits per heavy atom. The molecule has 0 bridgehead atoms. The fraction of sp³-hybridized carbons (Fsp3) is 0.261. The molecule has 5 nitrogen and oxygen atoms in total. The van der Waals surface area contributed by atoms with Crippen molar-refractivity contribution in [3.05, 3.63) is 83.7 Å². The molecule has 2 N–H and O–H groups in total. The maximum Gasteiger partial charge on any atom is 0.254 e. The van der Waals surface area contributed by atoms with E-state index in [1.807, 2.05) is 42.5 Å². The van der Waals surface area contributed by atoms with Gasteiger partial charge in [0.1, 0.15) is 0 Å². The smallest absolute Gasteiger partial charge is 0.254 e. The van der Waals surface area contributed by atoms with Gasteiger partial charge in [0.05, 0.1) is 5.56 Å². The molecule has 3 rings (SSSR count). The summed E-state index contributed by atoms with van der Waals surface area (Å²) in [6.45, 7) is 7.12. The Labute approximate surface area is 166 Å². The van der Waals surface area contributed by atoms with E-state index in [-0.39, 0.29) is 11.3 Å². The number of amides is 1. The number of aromatic nitrogens is 2. The van der Waals surface area contributed by atoms with Gasteiger partial charge < -0.3 is 10.6 Å². The molecule has 28 heavy (non-hydrogen) atoms. The second-order valence-electron chi connectivity index (χ2n) is 7.74. The quantitative estimate of drug-likeness (QED) is 0.667. The molecule has 0 saturated heterocycles. The summed E-state index contributed by atoms with van der Waals surface area (Å²) in [6.07, 6.45) is 3.87. The van der Waals surface area contributed by atoms with Gasteiger partial charge in [0.2, 0.25) is 5.95 Å². The molecule has 0 radical (unpaired) electrons. The molecular formula is C23H26N4O. The van der Waals surface area contributed by atoms with Crippen LogP contribution in [0.4, 0.5) is 11.6 Å². The van der Waals surface area contributed by atoms with Crippen molar-refractivity contribution in [2.24, 2.45) is 0 Å². The number of benzene rings is 2. The normalized spacial score (nSPS) is 11.1. The molecular weight excluding hydrogens is 348 g/mol. The van der Waals surface area contributed by atoms with Crippen LogP contribution in [0.15, 0.2) is 67.0 Å². The van der Waals surface area contributed by atoms with E-state index in [1.54, 1.807) is 0 Å². The Hall–Kier alpha value is -3.21. The molecule has 0 saturated carbocycles. The van der Waals surface area contributed by atoms with Crippen LogP contribution in [0, 0.1) is 0 Å². The highest BCUT2D eigenvalue weighted by Crippen LogP contribution is 2.24. The average molecular weight is 374 g/mol. The van der Waals surface area contributed by atoms with Crippen LogP contribution in [0.25, 0.3) is 0 Å². The van der Waals surface area contributed by atoms with Crippen LogP contribution in [-0.4, -0.2) is 22.4 Å². The van der Waals surface area contributed by atoms with Crippen LogP contribution in [-0.2, 0) is 11.8 Å². The van der Waals surface area contributed by atoms with E-state index in [9.17, 15) is 4.79 Å². The summed E-state index contributed by atoms with van der Waals surface area (Å²) in [5, 5.41) is 6.06.